The molecule has 0 saturated carbocycles. The fourth-order valence-corrected chi connectivity index (χ4v) is 3.37. The number of halogens is 2. The van der Waals surface area contributed by atoms with Crippen molar-refractivity contribution in [2.24, 2.45) is 0 Å². The molecule has 1 N–H and O–H groups in total. The minimum atomic E-state index is -2.63. The Bertz CT molecular complexity index is 725. The number of thiophene rings is 1. The monoisotopic (exact) mass is 321 g/mol. The van der Waals surface area contributed by atoms with Gasteiger partial charge in [-0.2, -0.15) is 0 Å². The van der Waals surface area contributed by atoms with Crippen molar-refractivity contribution in [3.63, 3.8) is 0 Å². The maximum absolute atomic E-state index is 13.1. The predicted octanol–water partition coefficient (Wildman–Crippen LogP) is 3.91. The summed E-state index contributed by atoms with van der Waals surface area (Å²) in [4.78, 5) is 13.0. The van der Waals surface area contributed by atoms with Gasteiger partial charge in [0, 0.05) is 18.2 Å². The maximum Gasteiger partial charge on any atom is 0.265 e. The van der Waals surface area contributed by atoms with Crippen molar-refractivity contribution >= 4 is 22.7 Å². The molecule has 0 amide bonds. The van der Waals surface area contributed by atoms with E-state index in [1.54, 1.807) is 36.7 Å². The zero-order chi connectivity index (χ0) is 15.7. The Kier molecular flexibility index (Phi) is 3.94. The summed E-state index contributed by atoms with van der Waals surface area (Å²) in [7, 11) is 1.60. The van der Waals surface area contributed by atoms with E-state index in [4.69, 9.17) is 4.74 Å². The highest BCUT2D eigenvalue weighted by Gasteiger charge is 2.38. The van der Waals surface area contributed by atoms with Crippen LogP contribution in [0.15, 0.2) is 47.7 Å². The highest BCUT2D eigenvalue weighted by molar-refractivity contribution is 7.11. The molecular formula is C16H13F2NO2S. The van der Waals surface area contributed by atoms with Gasteiger partial charge in [-0.3, -0.25) is 4.79 Å². The van der Waals surface area contributed by atoms with E-state index in [-0.39, 0.29) is 27.7 Å². The summed E-state index contributed by atoms with van der Waals surface area (Å²) in [5.41, 5.74) is 0.755. The van der Waals surface area contributed by atoms with Gasteiger partial charge in [0.2, 0.25) is 5.78 Å². The van der Waals surface area contributed by atoms with Gasteiger partial charge >= 0.3 is 0 Å². The standard InChI is InChI=1S/C16H13F2NO2S/c1-19-16-11(14-10(15(17)18)7-8-22-14)12(20)13(21-16)9-5-3-2-4-6-9/h2-8,13,15,19H,1H3. The minimum Gasteiger partial charge on any atom is -0.462 e. The molecule has 22 heavy (non-hydrogen) atoms. The van der Waals surface area contributed by atoms with Gasteiger partial charge in [0.05, 0.1) is 10.5 Å². The summed E-state index contributed by atoms with van der Waals surface area (Å²) < 4.78 is 31.9. The smallest absolute Gasteiger partial charge is 0.265 e. The lowest BCUT2D eigenvalue weighted by Crippen LogP contribution is -2.10. The van der Waals surface area contributed by atoms with Crippen LogP contribution in [0, 0.1) is 0 Å². The van der Waals surface area contributed by atoms with Gasteiger partial charge in [0.15, 0.2) is 12.0 Å². The Morgan fingerprint density at radius 3 is 2.59 bits per heavy atom. The van der Waals surface area contributed by atoms with Gasteiger partial charge < -0.3 is 10.1 Å². The summed E-state index contributed by atoms with van der Waals surface area (Å²) >= 11 is 1.12. The van der Waals surface area contributed by atoms with Crippen LogP contribution < -0.4 is 5.32 Å². The van der Waals surface area contributed by atoms with Gasteiger partial charge in [-0.15, -0.1) is 11.3 Å². The molecule has 0 fully saturated rings. The fraction of sp³-hybridized carbons (Fsp3) is 0.188. The van der Waals surface area contributed by atoms with Crippen LogP contribution in [0.4, 0.5) is 8.78 Å². The van der Waals surface area contributed by atoms with Gasteiger partial charge in [0.1, 0.15) is 0 Å². The molecule has 2 aromatic rings. The fourth-order valence-electron chi connectivity index (χ4n) is 2.41. The molecule has 3 rings (SSSR count). The molecule has 1 unspecified atom stereocenters. The van der Waals surface area contributed by atoms with Crippen molar-refractivity contribution < 1.29 is 18.3 Å². The third kappa shape index (κ3) is 2.39. The van der Waals surface area contributed by atoms with E-state index in [1.165, 1.54) is 6.07 Å². The number of alkyl halides is 2. The molecule has 0 aliphatic carbocycles. The van der Waals surface area contributed by atoms with Crippen molar-refractivity contribution in [3.8, 4) is 0 Å². The lowest BCUT2D eigenvalue weighted by atomic mass is 10.00. The van der Waals surface area contributed by atoms with E-state index < -0.39 is 12.5 Å². The molecule has 6 heteroatoms. The third-order valence-corrected chi connectivity index (χ3v) is 4.38. The summed E-state index contributed by atoms with van der Waals surface area (Å²) in [5.74, 6) is -0.0666. The van der Waals surface area contributed by atoms with E-state index in [0.717, 1.165) is 11.3 Å². The Morgan fingerprint density at radius 1 is 1.23 bits per heavy atom. The average molecular weight is 321 g/mol. The first-order valence-corrected chi connectivity index (χ1v) is 7.55. The number of hydrogen-bond donors (Lipinski definition) is 1. The zero-order valence-electron chi connectivity index (χ0n) is 11.7. The van der Waals surface area contributed by atoms with Crippen molar-refractivity contribution in [2.45, 2.75) is 12.5 Å². The topological polar surface area (TPSA) is 38.3 Å². The van der Waals surface area contributed by atoms with Crippen molar-refractivity contribution in [3.05, 3.63) is 63.7 Å². The van der Waals surface area contributed by atoms with Gasteiger partial charge in [-0.1, -0.05) is 30.3 Å². The maximum atomic E-state index is 13.1. The van der Waals surface area contributed by atoms with Crippen LogP contribution >= 0.6 is 11.3 Å². The zero-order valence-corrected chi connectivity index (χ0v) is 12.5. The predicted molar refractivity (Wildman–Crippen MR) is 80.5 cm³/mol. The second-order valence-corrected chi connectivity index (χ2v) is 5.65. The SMILES string of the molecule is CNC1=C(c2sccc2C(F)F)C(=O)C(c2ccccc2)O1. The number of Topliss-reactive ketones (excluding diaryl/α,β-unsaturated/α-hetero) is 1. The number of nitrogens with one attached hydrogen (secondary N) is 1. The Morgan fingerprint density at radius 2 is 1.95 bits per heavy atom. The molecule has 1 aliphatic rings. The van der Waals surface area contributed by atoms with Crippen molar-refractivity contribution in [1.29, 1.82) is 0 Å². The lowest BCUT2D eigenvalue weighted by Gasteiger charge is -2.11. The largest absolute Gasteiger partial charge is 0.462 e. The van der Waals surface area contributed by atoms with E-state index in [1.807, 2.05) is 6.07 Å². The number of benzene rings is 1. The van der Waals surface area contributed by atoms with Crippen LogP contribution in [-0.4, -0.2) is 12.8 Å². The number of rotatable bonds is 4. The highest BCUT2D eigenvalue weighted by atomic mass is 32.1. The molecule has 0 spiro atoms. The summed E-state index contributed by atoms with van der Waals surface area (Å²) in [6.45, 7) is 0. The molecule has 0 saturated heterocycles. The third-order valence-electron chi connectivity index (χ3n) is 3.43. The molecule has 1 atom stereocenters. The van der Waals surface area contributed by atoms with Crippen LogP contribution in [0.1, 0.15) is 28.5 Å². The molecule has 1 aromatic carbocycles. The molecule has 3 nitrogen and oxygen atoms in total. The number of hydrogen-bond acceptors (Lipinski definition) is 4. The van der Waals surface area contributed by atoms with Gasteiger partial charge in [0.25, 0.3) is 6.43 Å². The summed E-state index contributed by atoms with van der Waals surface area (Å²) in [6.07, 6.45) is -3.43. The molecule has 114 valence electrons. The van der Waals surface area contributed by atoms with Gasteiger partial charge in [-0.05, 0) is 11.4 Å². The van der Waals surface area contributed by atoms with Crippen LogP contribution in [-0.2, 0) is 9.53 Å². The molecule has 1 aliphatic heterocycles. The average Bonchev–Trinajstić information content (AvgIpc) is 3.12. The number of ether oxygens (including phenoxy) is 1. The summed E-state index contributed by atoms with van der Waals surface area (Å²) in [6, 6.07) is 10.3. The van der Waals surface area contributed by atoms with E-state index in [0.29, 0.717) is 5.56 Å². The highest BCUT2D eigenvalue weighted by Crippen LogP contribution is 2.42. The van der Waals surface area contributed by atoms with E-state index in [2.05, 4.69) is 5.32 Å². The lowest BCUT2D eigenvalue weighted by molar-refractivity contribution is -0.120. The van der Waals surface area contributed by atoms with Crippen LogP contribution in [0.2, 0.25) is 0 Å². The first-order valence-electron chi connectivity index (χ1n) is 6.67. The minimum absolute atomic E-state index is 0.140. The molecular weight excluding hydrogens is 308 g/mol. The Labute approximate surface area is 130 Å². The Hall–Kier alpha value is -2.21. The van der Waals surface area contributed by atoms with Crippen LogP contribution in [0.3, 0.4) is 0 Å². The molecule has 0 radical (unpaired) electrons. The van der Waals surface area contributed by atoms with Gasteiger partial charge in [-0.25, -0.2) is 8.78 Å². The number of ketones is 1. The molecule has 1 aromatic heterocycles. The molecule has 2 heterocycles. The number of carbonyl (C=O) groups excluding carboxylic acids is 1. The van der Waals surface area contributed by atoms with E-state index >= 15 is 0 Å². The second-order valence-electron chi connectivity index (χ2n) is 4.73. The normalized spacial score (nSPS) is 18.0. The first-order chi connectivity index (χ1) is 10.6. The van der Waals surface area contributed by atoms with Crippen molar-refractivity contribution in [1.82, 2.24) is 5.32 Å². The Balaban J connectivity index is 2.03. The van der Waals surface area contributed by atoms with Crippen LogP contribution in [0.25, 0.3) is 5.57 Å². The van der Waals surface area contributed by atoms with E-state index in [9.17, 15) is 13.6 Å². The second kappa shape index (κ2) is 5.88. The molecule has 0 bridgehead atoms. The quantitative estimate of drug-likeness (QED) is 0.928. The van der Waals surface area contributed by atoms with Crippen LogP contribution in [0.5, 0.6) is 0 Å². The first kappa shape index (κ1) is 14.7. The van der Waals surface area contributed by atoms with Crippen molar-refractivity contribution in [2.75, 3.05) is 7.05 Å². The number of carbonyl (C=O) groups is 1. The summed E-state index contributed by atoms with van der Waals surface area (Å²) in [5, 5.41) is 4.35.